The highest BCUT2D eigenvalue weighted by Crippen LogP contribution is 2.30. The van der Waals surface area contributed by atoms with Crippen molar-refractivity contribution < 1.29 is 14.1 Å². The summed E-state index contributed by atoms with van der Waals surface area (Å²) >= 11 is 0. The third-order valence-electron chi connectivity index (χ3n) is 5.23. The van der Waals surface area contributed by atoms with Crippen molar-refractivity contribution in [3.8, 4) is 11.5 Å². The van der Waals surface area contributed by atoms with Crippen molar-refractivity contribution in [1.29, 1.82) is 0 Å². The molecule has 0 radical (unpaired) electrons. The summed E-state index contributed by atoms with van der Waals surface area (Å²) in [6.45, 7) is 0.607. The zero-order valence-electron chi connectivity index (χ0n) is 17.3. The van der Waals surface area contributed by atoms with Crippen LogP contribution in [-0.2, 0) is 6.54 Å². The highest BCUT2D eigenvalue weighted by Gasteiger charge is 2.18. The number of nitro groups is 1. The fourth-order valence-electron chi connectivity index (χ4n) is 3.63. The maximum absolute atomic E-state index is 12.6. The lowest BCUT2D eigenvalue weighted by Crippen LogP contribution is -2.10. The van der Waals surface area contributed by atoms with Crippen LogP contribution in [0.1, 0.15) is 16.1 Å². The zero-order valence-corrected chi connectivity index (χ0v) is 17.3. The lowest BCUT2D eigenvalue weighted by Gasteiger charge is -2.03. The number of nitro benzene ring substituents is 1. The van der Waals surface area contributed by atoms with Crippen molar-refractivity contribution >= 4 is 28.2 Å². The number of furan rings is 1. The average Bonchev–Trinajstić information content (AvgIpc) is 3.46. The third-order valence-corrected chi connectivity index (χ3v) is 5.23. The number of rotatable bonds is 6. The molecule has 8 nitrogen and oxygen atoms in total. The number of anilines is 1. The number of fused-ring (bicyclic) bond motifs is 1. The number of benzene rings is 3. The molecule has 0 bridgehead atoms. The van der Waals surface area contributed by atoms with Crippen molar-refractivity contribution in [3.63, 3.8) is 0 Å². The highest BCUT2D eigenvalue weighted by atomic mass is 16.6. The summed E-state index contributed by atoms with van der Waals surface area (Å²) in [4.78, 5) is 22.9. The normalized spacial score (nSPS) is 10.9. The number of hydrogen-bond acceptors (Lipinski definition) is 5. The Morgan fingerprint density at radius 1 is 0.939 bits per heavy atom. The Morgan fingerprint density at radius 3 is 2.42 bits per heavy atom. The molecule has 1 amide bonds. The second kappa shape index (κ2) is 8.43. The molecule has 3 aromatic carbocycles. The van der Waals surface area contributed by atoms with E-state index in [9.17, 15) is 14.9 Å². The van der Waals surface area contributed by atoms with E-state index >= 15 is 0 Å². The van der Waals surface area contributed by atoms with E-state index in [1.807, 2.05) is 59.3 Å². The van der Waals surface area contributed by atoms with E-state index in [4.69, 9.17) is 9.52 Å². The number of nitrogens with zero attached hydrogens (tertiary/aromatic N) is 3. The van der Waals surface area contributed by atoms with Gasteiger partial charge in [-0.05, 0) is 35.9 Å². The molecule has 5 aromatic rings. The first-order valence-electron chi connectivity index (χ1n) is 10.2. The maximum Gasteiger partial charge on any atom is 0.291 e. The van der Waals surface area contributed by atoms with Gasteiger partial charge in [0.2, 0.25) is 0 Å². The molecule has 0 atom stereocenters. The molecule has 2 heterocycles. The van der Waals surface area contributed by atoms with E-state index in [-0.39, 0.29) is 11.4 Å². The minimum atomic E-state index is -0.494. The van der Waals surface area contributed by atoms with Gasteiger partial charge in [-0.15, -0.1) is 0 Å². The minimum Gasteiger partial charge on any atom is -0.449 e. The Morgan fingerprint density at radius 2 is 1.67 bits per heavy atom. The Balaban J connectivity index is 1.42. The van der Waals surface area contributed by atoms with Crippen molar-refractivity contribution in [2.75, 3.05) is 5.32 Å². The third kappa shape index (κ3) is 4.09. The average molecular weight is 438 g/mol. The number of amides is 1. The monoisotopic (exact) mass is 438 g/mol. The fourth-order valence-corrected chi connectivity index (χ4v) is 3.63. The van der Waals surface area contributed by atoms with Crippen LogP contribution < -0.4 is 5.32 Å². The molecule has 0 aliphatic heterocycles. The molecule has 1 N–H and O–H groups in total. The van der Waals surface area contributed by atoms with E-state index in [0.717, 1.165) is 16.5 Å². The molecule has 162 valence electrons. The standard InChI is InChI=1S/C25H18N4O4/c30-25(26-18-10-12-19(13-11-18)29(31)32)23-15-14-22(33-23)24-20-8-4-5-9-21(20)28(27-24)16-17-6-2-1-3-7-17/h1-15H,16H2,(H,26,30). The van der Waals surface area contributed by atoms with Gasteiger partial charge in [-0.2, -0.15) is 5.10 Å². The van der Waals surface area contributed by atoms with Crippen LogP contribution in [0, 0.1) is 10.1 Å². The van der Waals surface area contributed by atoms with Crippen molar-refractivity contribution in [1.82, 2.24) is 9.78 Å². The Bertz CT molecular complexity index is 1450. The van der Waals surface area contributed by atoms with Crippen LogP contribution in [0.3, 0.4) is 0 Å². The smallest absolute Gasteiger partial charge is 0.291 e. The Labute approximate surface area is 188 Å². The highest BCUT2D eigenvalue weighted by molar-refractivity contribution is 6.03. The van der Waals surface area contributed by atoms with E-state index < -0.39 is 10.8 Å². The summed E-state index contributed by atoms with van der Waals surface area (Å²) < 4.78 is 7.76. The molecule has 2 aromatic heterocycles. The van der Waals surface area contributed by atoms with Crippen molar-refractivity contribution in [2.45, 2.75) is 6.54 Å². The molecule has 5 rings (SSSR count). The van der Waals surface area contributed by atoms with Gasteiger partial charge >= 0.3 is 0 Å². The van der Waals surface area contributed by atoms with E-state index in [1.165, 1.54) is 24.3 Å². The molecular weight excluding hydrogens is 420 g/mol. The summed E-state index contributed by atoms with van der Waals surface area (Å²) in [6, 6.07) is 26.8. The number of carbonyl (C=O) groups is 1. The van der Waals surface area contributed by atoms with Gasteiger partial charge < -0.3 is 9.73 Å². The largest absolute Gasteiger partial charge is 0.449 e. The van der Waals surface area contributed by atoms with Crippen LogP contribution in [0.5, 0.6) is 0 Å². The predicted molar refractivity (Wildman–Crippen MR) is 124 cm³/mol. The summed E-state index contributed by atoms with van der Waals surface area (Å²) in [5.41, 5.74) is 3.12. The molecule has 0 saturated carbocycles. The van der Waals surface area contributed by atoms with E-state index in [2.05, 4.69) is 5.32 Å². The molecule has 0 fully saturated rings. The molecule has 8 heteroatoms. The van der Waals surface area contributed by atoms with Crippen LogP contribution in [0.25, 0.3) is 22.4 Å². The fraction of sp³-hybridized carbons (Fsp3) is 0.0400. The summed E-state index contributed by atoms with van der Waals surface area (Å²) in [6.07, 6.45) is 0. The molecule has 0 spiro atoms. The molecule has 0 unspecified atom stereocenters. The number of carbonyl (C=O) groups excluding carboxylic acids is 1. The van der Waals surface area contributed by atoms with Gasteiger partial charge in [0.1, 0.15) is 5.69 Å². The van der Waals surface area contributed by atoms with Gasteiger partial charge in [-0.25, -0.2) is 0 Å². The molecule has 0 saturated heterocycles. The number of nitrogens with one attached hydrogen (secondary N) is 1. The summed E-state index contributed by atoms with van der Waals surface area (Å²) in [5, 5.41) is 19.2. The van der Waals surface area contributed by atoms with Crippen LogP contribution in [0.4, 0.5) is 11.4 Å². The topological polar surface area (TPSA) is 103 Å². The Hall–Kier alpha value is -4.72. The first-order chi connectivity index (χ1) is 16.1. The predicted octanol–water partition coefficient (Wildman–Crippen LogP) is 5.51. The summed E-state index contributed by atoms with van der Waals surface area (Å²) in [7, 11) is 0. The van der Waals surface area contributed by atoms with Gasteiger partial charge in [-0.3, -0.25) is 19.6 Å². The maximum atomic E-state index is 12.6. The quantitative estimate of drug-likeness (QED) is 0.278. The number of aromatic nitrogens is 2. The molecule has 0 aliphatic rings. The van der Waals surface area contributed by atoms with Crippen LogP contribution in [-0.4, -0.2) is 20.6 Å². The first kappa shape index (κ1) is 20.2. The second-order valence-corrected chi connectivity index (χ2v) is 7.43. The van der Waals surface area contributed by atoms with Gasteiger partial charge in [0.25, 0.3) is 11.6 Å². The van der Waals surface area contributed by atoms with Gasteiger partial charge in [0.15, 0.2) is 11.5 Å². The Kier molecular flexibility index (Phi) is 5.16. The van der Waals surface area contributed by atoms with Crippen molar-refractivity contribution in [3.05, 3.63) is 112 Å². The van der Waals surface area contributed by atoms with Crippen LogP contribution in [0.2, 0.25) is 0 Å². The van der Waals surface area contributed by atoms with Gasteiger partial charge in [0, 0.05) is 23.2 Å². The molecular formula is C25H18N4O4. The van der Waals surface area contributed by atoms with Crippen LogP contribution >= 0.6 is 0 Å². The lowest BCUT2D eigenvalue weighted by atomic mass is 10.2. The first-order valence-corrected chi connectivity index (χ1v) is 10.2. The number of para-hydroxylation sites is 1. The minimum absolute atomic E-state index is 0.0498. The molecule has 0 aliphatic carbocycles. The summed E-state index contributed by atoms with van der Waals surface area (Å²) in [5.74, 6) is 0.139. The van der Waals surface area contributed by atoms with E-state index in [0.29, 0.717) is 23.7 Å². The number of non-ortho nitro benzene ring substituents is 1. The van der Waals surface area contributed by atoms with Gasteiger partial charge in [-0.1, -0.05) is 48.5 Å². The van der Waals surface area contributed by atoms with Crippen molar-refractivity contribution in [2.24, 2.45) is 0 Å². The number of hydrogen-bond donors (Lipinski definition) is 1. The van der Waals surface area contributed by atoms with E-state index in [1.54, 1.807) is 12.1 Å². The van der Waals surface area contributed by atoms with Crippen LogP contribution in [0.15, 0.2) is 95.4 Å². The lowest BCUT2D eigenvalue weighted by molar-refractivity contribution is -0.384. The van der Waals surface area contributed by atoms with Gasteiger partial charge in [0.05, 0.1) is 17.0 Å². The zero-order chi connectivity index (χ0) is 22.8. The molecule has 33 heavy (non-hydrogen) atoms. The second-order valence-electron chi connectivity index (χ2n) is 7.43. The SMILES string of the molecule is O=C(Nc1ccc([N+](=O)[O-])cc1)c1ccc(-c2nn(Cc3ccccc3)c3ccccc23)o1.